The normalized spacial score (nSPS) is 34.4. The zero-order chi connectivity index (χ0) is 25.2. The standard InChI is InChI=1S/C27H53N5O3/c1-26(2,3)31-13-15-33-22(18-31)16-30-12-14-34-24(20-30)25-21-32(27(4,5)6)19-23(35-25)17-29-10-8-28(7)9-11-29/h22-25H,8-21H2,1-7H3. The van der Waals surface area contributed by atoms with Crippen LogP contribution in [0.4, 0.5) is 0 Å². The molecule has 8 nitrogen and oxygen atoms in total. The van der Waals surface area contributed by atoms with E-state index in [0.29, 0.717) is 0 Å². The zero-order valence-electron chi connectivity index (χ0n) is 23.7. The highest BCUT2D eigenvalue weighted by atomic mass is 16.6. The molecule has 4 saturated heterocycles. The van der Waals surface area contributed by atoms with Gasteiger partial charge < -0.3 is 19.1 Å². The second-order valence-corrected chi connectivity index (χ2v) is 13.3. The maximum absolute atomic E-state index is 6.79. The molecule has 0 saturated carbocycles. The van der Waals surface area contributed by atoms with E-state index in [2.05, 4.69) is 73.1 Å². The van der Waals surface area contributed by atoms with Crippen LogP contribution in [0.15, 0.2) is 0 Å². The van der Waals surface area contributed by atoms with Crippen LogP contribution in [-0.2, 0) is 14.2 Å². The summed E-state index contributed by atoms with van der Waals surface area (Å²) in [4.78, 5) is 12.7. The molecule has 0 aliphatic carbocycles. The van der Waals surface area contributed by atoms with Crippen molar-refractivity contribution in [3.8, 4) is 0 Å². The van der Waals surface area contributed by atoms with E-state index >= 15 is 0 Å². The second kappa shape index (κ2) is 11.6. The van der Waals surface area contributed by atoms with Gasteiger partial charge in [0.1, 0.15) is 0 Å². The second-order valence-electron chi connectivity index (χ2n) is 13.3. The van der Waals surface area contributed by atoms with Crippen molar-refractivity contribution in [2.75, 3.05) is 98.8 Å². The first-order valence-electron chi connectivity index (χ1n) is 14.0. The Kier molecular flexibility index (Phi) is 9.18. The predicted octanol–water partition coefficient (Wildman–Crippen LogP) is 1.30. The van der Waals surface area contributed by atoms with Gasteiger partial charge in [-0.2, -0.15) is 0 Å². The van der Waals surface area contributed by atoms with E-state index in [1.54, 1.807) is 0 Å². The topological polar surface area (TPSA) is 43.9 Å². The van der Waals surface area contributed by atoms with Gasteiger partial charge in [0.25, 0.3) is 0 Å². The number of nitrogens with zero attached hydrogens (tertiary/aromatic N) is 5. The van der Waals surface area contributed by atoms with E-state index in [1.165, 1.54) is 0 Å². The fraction of sp³-hybridized carbons (Fsp3) is 1.00. The van der Waals surface area contributed by atoms with Crippen LogP contribution >= 0.6 is 0 Å². The molecule has 4 aliphatic heterocycles. The molecule has 35 heavy (non-hydrogen) atoms. The van der Waals surface area contributed by atoms with E-state index < -0.39 is 0 Å². The van der Waals surface area contributed by atoms with Gasteiger partial charge in [-0.05, 0) is 48.6 Å². The Morgan fingerprint density at radius 2 is 1.23 bits per heavy atom. The zero-order valence-corrected chi connectivity index (χ0v) is 23.7. The van der Waals surface area contributed by atoms with E-state index in [9.17, 15) is 0 Å². The molecule has 4 rings (SSSR count). The SMILES string of the molecule is CN1CCN(CC2CN(C(C)(C)C)CC(C3CN(CC4CN(C(C)(C)C)CCO4)CCO3)O2)CC1. The van der Waals surface area contributed by atoms with E-state index in [-0.39, 0.29) is 35.5 Å². The van der Waals surface area contributed by atoms with Crippen molar-refractivity contribution in [1.29, 1.82) is 0 Å². The maximum Gasteiger partial charge on any atom is 0.0981 e. The van der Waals surface area contributed by atoms with Crippen LogP contribution < -0.4 is 0 Å². The highest BCUT2D eigenvalue weighted by Crippen LogP contribution is 2.26. The first-order chi connectivity index (χ1) is 16.5. The monoisotopic (exact) mass is 495 g/mol. The molecule has 0 aromatic heterocycles. The van der Waals surface area contributed by atoms with Crippen molar-refractivity contribution >= 4 is 0 Å². The third-order valence-corrected chi connectivity index (χ3v) is 8.34. The molecule has 0 aromatic carbocycles. The van der Waals surface area contributed by atoms with Gasteiger partial charge in [-0.3, -0.25) is 19.6 Å². The van der Waals surface area contributed by atoms with E-state index in [0.717, 1.165) is 91.8 Å². The van der Waals surface area contributed by atoms with Crippen molar-refractivity contribution in [2.24, 2.45) is 0 Å². The molecule has 0 bridgehead atoms. The Balaban J connectivity index is 1.35. The van der Waals surface area contributed by atoms with Crippen LogP contribution in [0.2, 0.25) is 0 Å². The smallest absolute Gasteiger partial charge is 0.0981 e. The molecular formula is C27H53N5O3. The van der Waals surface area contributed by atoms with E-state index in [4.69, 9.17) is 14.2 Å². The third-order valence-electron chi connectivity index (χ3n) is 8.34. The van der Waals surface area contributed by atoms with Gasteiger partial charge in [-0.15, -0.1) is 0 Å². The summed E-state index contributed by atoms with van der Waals surface area (Å²) >= 11 is 0. The van der Waals surface area contributed by atoms with Crippen molar-refractivity contribution < 1.29 is 14.2 Å². The van der Waals surface area contributed by atoms with E-state index in [1.807, 2.05) is 0 Å². The molecule has 4 aliphatic rings. The molecule has 4 heterocycles. The predicted molar refractivity (Wildman–Crippen MR) is 141 cm³/mol. The Morgan fingerprint density at radius 1 is 0.600 bits per heavy atom. The number of morpholine rings is 3. The lowest BCUT2D eigenvalue weighted by Crippen LogP contribution is -2.63. The van der Waals surface area contributed by atoms with Gasteiger partial charge >= 0.3 is 0 Å². The Bertz CT molecular complexity index is 658. The molecule has 4 fully saturated rings. The molecule has 0 aromatic rings. The summed E-state index contributed by atoms with van der Waals surface area (Å²) in [6.07, 6.45) is 0.732. The number of hydrogen-bond acceptors (Lipinski definition) is 8. The van der Waals surface area contributed by atoms with Gasteiger partial charge in [-0.1, -0.05) is 0 Å². The lowest BCUT2D eigenvalue weighted by molar-refractivity contribution is -0.182. The molecule has 4 unspecified atom stereocenters. The van der Waals surface area contributed by atoms with Crippen molar-refractivity contribution in [3.63, 3.8) is 0 Å². The minimum atomic E-state index is 0.113. The highest BCUT2D eigenvalue weighted by Gasteiger charge is 2.40. The average molecular weight is 496 g/mol. The average Bonchev–Trinajstić information content (AvgIpc) is 2.80. The molecule has 204 valence electrons. The summed E-state index contributed by atoms with van der Waals surface area (Å²) in [5.41, 5.74) is 0.323. The van der Waals surface area contributed by atoms with Crippen LogP contribution in [0, 0.1) is 0 Å². The summed E-state index contributed by atoms with van der Waals surface area (Å²) in [5, 5.41) is 0. The lowest BCUT2D eigenvalue weighted by Gasteiger charge is -2.49. The summed E-state index contributed by atoms with van der Waals surface area (Å²) in [5.74, 6) is 0. The van der Waals surface area contributed by atoms with Gasteiger partial charge in [0, 0.05) is 89.6 Å². The van der Waals surface area contributed by atoms with Gasteiger partial charge in [0.15, 0.2) is 0 Å². The van der Waals surface area contributed by atoms with Gasteiger partial charge in [0.2, 0.25) is 0 Å². The van der Waals surface area contributed by atoms with Gasteiger partial charge in [-0.25, -0.2) is 0 Å². The molecule has 0 N–H and O–H groups in total. The first-order valence-corrected chi connectivity index (χ1v) is 14.0. The summed E-state index contributed by atoms with van der Waals surface area (Å²) in [6, 6.07) is 0. The lowest BCUT2D eigenvalue weighted by atomic mass is 10.00. The van der Waals surface area contributed by atoms with Crippen molar-refractivity contribution in [2.45, 2.75) is 77.0 Å². The number of rotatable bonds is 5. The molecular weight excluding hydrogens is 442 g/mol. The highest BCUT2D eigenvalue weighted by molar-refractivity contribution is 4.93. The number of hydrogen-bond donors (Lipinski definition) is 0. The molecule has 8 heteroatoms. The molecule has 0 spiro atoms. The molecule has 0 radical (unpaired) electrons. The number of ether oxygens (including phenoxy) is 3. The maximum atomic E-state index is 6.79. The van der Waals surface area contributed by atoms with Crippen molar-refractivity contribution in [1.82, 2.24) is 24.5 Å². The molecule has 0 amide bonds. The summed E-state index contributed by atoms with van der Waals surface area (Å²) in [7, 11) is 2.22. The fourth-order valence-electron chi connectivity index (χ4n) is 5.89. The Hall–Kier alpha value is -0.320. The first kappa shape index (κ1) is 27.7. The fourth-order valence-corrected chi connectivity index (χ4v) is 5.89. The Morgan fingerprint density at radius 3 is 1.91 bits per heavy atom. The van der Waals surface area contributed by atoms with Crippen LogP contribution in [0.3, 0.4) is 0 Å². The largest absolute Gasteiger partial charge is 0.374 e. The minimum absolute atomic E-state index is 0.113. The number of likely N-dealkylation sites (N-methyl/N-ethyl adjacent to an activating group) is 1. The minimum Gasteiger partial charge on any atom is -0.374 e. The van der Waals surface area contributed by atoms with Crippen LogP contribution in [0.25, 0.3) is 0 Å². The van der Waals surface area contributed by atoms with Gasteiger partial charge in [0.05, 0.1) is 37.6 Å². The summed E-state index contributed by atoms with van der Waals surface area (Å²) in [6.45, 7) is 28.0. The van der Waals surface area contributed by atoms with Crippen LogP contribution in [0.5, 0.6) is 0 Å². The molecule has 4 atom stereocenters. The number of piperazine rings is 1. The summed E-state index contributed by atoms with van der Waals surface area (Å²) < 4.78 is 19.3. The quantitative estimate of drug-likeness (QED) is 0.566. The van der Waals surface area contributed by atoms with Crippen molar-refractivity contribution in [3.05, 3.63) is 0 Å². The van der Waals surface area contributed by atoms with Crippen LogP contribution in [0.1, 0.15) is 41.5 Å². The van der Waals surface area contributed by atoms with Crippen LogP contribution in [-0.4, -0.2) is 159 Å². The Labute approximate surface area is 214 Å². The third kappa shape index (κ3) is 7.84.